The lowest BCUT2D eigenvalue weighted by Gasteiger charge is -2.29. The first kappa shape index (κ1) is 31.0. The molecule has 0 radical (unpaired) electrons. The van der Waals surface area contributed by atoms with Gasteiger partial charge in [0.05, 0.1) is 6.54 Å². The number of carboxylic acids is 1. The molecule has 8 heteroatoms. The zero-order chi connectivity index (χ0) is 31.0. The summed E-state index contributed by atoms with van der Waals surface area (Å²) < 4.78 is 19.4. The second-order valence-electron chi connectivity index (χ2n) is 11.2. The second-order valence-corrected chi connectivity index (χ2v) is 11.2. The molecule has 7 nitrogen and oxygen atoms in total. The number of aliphatic carboxylic acids is 1. The maximum absolute atomic E-state index is 13.5. The first-order valence-electron chi connectivity index (χ1n) is 14.0. The van der Waals surface area contributed by atoms with Crippen LogP contribution in [-0.2, 0) is 16.0 Å². The molecule has 0 aromatic heterocycles. The summed E-state index contributed by atoms with van der Waals surface area (Å²) in [6.07, 6.45) is 0.169. The molecule has 1 unspecified atom stereocenters. The van der Waals surface area contributed by atoms with E-state index in [9.17, 15) is 23.9 Å². The van der Waals surface area contributed by atoms with E-state index in [1.165, 1.54) is 12.1 Å². The number of ketones is 1. The van der Waals surface area contributed by atoms with Gasteiger partial charge in [0.25, 0.3) is 0 Å². The Hall–Kier alpha value is -4.98. The van der Waals surface area contributed by atoms with E-state index in [-0.39, 0.29) is 37.1 Å². The molecule has 0 fully saturated rings. The van der Waals surface area contributed by atoms with Crippen molar-refractivity contribution in [3.8, 4) is 5.75 Å². The molecule has 1 atom stereocenters. The van der Waals surface area contributed by atoms with Gasteiger partial charge in [-0.05, 0) is 54.1 Å². The zero-order valence-electron chi connectivity index (χ0n) is 24.4. The molecule has 4 aromatic rings. The predicted octanol–water partition coefficient (Wildman–Crippen LogP) is 6.62. The molecular weight excluding hydrogens is 547 g/mol. The van der Waals surface area contributed by atoms with E-state index in [1.54, 1.807) is 89.8 Å². The number of para-hydroxylation sites is 1. The summed E-state index contributed by atoms with van der Waals surface area (Å²) in [4.78, 5) is 39.9. The number of carbonyl (C=O) groups is 3. The van der Waals surface area contributed by atoms with Gasteiger partial charge in [-0.1, -0.05) is 75.4 Å². The Kier molecular flexibility index (Phi) is 9.93. The molecule has 1 amide bonds. The van der Waals surface area contributed by atoms with E-state index < -0.39 is 17.4 Å². The van der Waals surface area contributed by atoms with Crippen molar-refractivity contribution in [1.82, 2.24) is 0 Å². The third-order valence-corrected chi connectivity index (χ3v) is 6.81. The van der Waals surface area contributed by atoms with Gasteiger partial charge in [0.1, 0.15) is 24.2 Å². The number of carbonyl (C=O) groups excluding carboxylic acids is 2. The Morgan fingerprint density at radius 3 is 2.12 bits per heavy atom. The standard InChI is InChI=1S/C35H35FN2O5/c1-35(2,3)34(42)38(27-17-15-26(36)16-18-27)21-22-43-28-19-13-24(14-20-28)23-31(33(40)41)37-30-12-8-7-11-29(30)32(39)25-9-5-4-6-10-25/h4-20,31,37H,21-23H2,1-3H3,(H,40,41). The van der Waals surface area contributed by atoms with E-state index in [0.29, 0.717) is 28.3 Å². The molecule has 222 valence electrons. The topological polar surface area (TPSA) is 95.9 Å². The first-order chi connectivity index (χ1) is 20.5. The van der Waals surface area contributed by atoms with Crippen molar-refractivity contribution in [3.63, 3.8) is 0 Å². The molecule has 0 heterocycles. The fourth-order valence-corrected chi connectivity index (χ4v) is 4.53. The predicted molar refractivity (Wildman–Crippen MR) is 165 cm³/mol. The van der Waals surface area contributed by atoms with Gasteiger partial charge in [0, 0.05) is 34.3 Å². The minimum atomic E-state index is -1.05. The van der Waals surface area contributed by atoms with E-state index in [2.05, 4.69) is 5.32 Å². The van der Waals surface area contributed by atoms with Crippen LogP contribution in [0.3, 0.4) is 0 Å². The lowest BCUT2D eigenvalue weighted by atomic mass is 9.94. The smallest absolute Gasteiger partial charge is 0.326 e. The number of amides is 1. The molecule has 0 aliphatic rings. The van der Waals surface area contributed by atoms with Gasteiger partial charge in [-0.3, -0.25) is 9.59 Å². The summed E-state index contributed by atoms with van der Waals surface area (Å²) >= 11 is 0. The Labute approximate surface area is 250 Å². The van der Waals surface area contributed by atoms with Crippen LogP contribution in [0.2, 0.25) is 0 Å². The highest BCUT2D eigenvalue weighted by atomic mass is 19.1. The van der Waals surface area contributed by atoms with Crippen molar-refractivity contribution in [2.24, 2.45) is 5.41 Å². The lowest BCUT2D eigenvalue weighted by molar-refractivity contribution is -0.137. The third kappa shape index (κ3) is 8.29. The molecule has 4 rings (SSSR count). The van der Waals surface area contributed by atoms with Crippen LogP contribution in [0.1, 0.15) is 42.3 Å². The normalized spacial score (nSPS) is 11.8. The van der Waals surface area contributed by atoms with E-state index >= 15 is 0 Å². The minimum absolute atomic E-state index is 0.114. The number of carboxylic acid groups (broad SMARTS) is 1. The molecule has 43 heavy (non-hydrogen) atoms. The fourth-order valence-electron chi connectivity index (χ4n) is 4.53. The fraction of sp³-hybridized carbons (Fsp3) is 0.229. The Bertz CT molecular complexity index is 1550. The maximum Gasteiger partial charge on any atom is 0.326 e. The molecule has 0 bridgehead atoms. The van der Waals surface area contributed by atoms with E-state index in [4.69, 9.17) is 4.74 Å². The second kappa shape index (κ2) is 13.8. The van der Waals surface area contributed by atoms with Gasteiger partial charge < -0.3 is 20.1 Å². The van der Waals surface area contributed by atoms with Crippen LogP contribution >= 0.6 is 0 Å². The van der Waals surface area contributed by atoms with Crippen LogP contribution in [-0.4, -0.2) is 42.0 Å². The van der Waals surface area contributed by atoms with Crippen molar-refractivity contribution in [1.29, 1.82) is 0 Å². The average Bonchev–Trinajstić information content (AvgIpc) is 3.00. The summed E-state index contributed by atoms with van der Waals surface area (Å²) in [6.45, 7) is 5.93. The number of nitrogens with one attached hydrogen (secondary N) is 1. The molecular formula is C35H35FN2O5. The van der Waals surface area contributed by atoms with E-state index in [0.717, 1.165) is 5.56 Å². The minimum Gasteiger partial charge on any atom is -0.492 e. The van der Waals surface area contributed by atoms with Crippen LogP contribution in [0.15, 0.2) is 103 Å². The van der Waals surface area contributed by atoms with Gasteiger partial charge in [-0.25, -0.2) is 9.18 Å². The Balaban J connectivity index is 1.40. The quantitative estimate of drug-likeness (QED) is 0.182. The lowest BCUT2D eigenvalue weighted by Crippen LogP contribution is -2.41. The van der Waals surface area contributed by atoms with Crippen LogP contribution in [0.4, 0.5) is 15.8 Å². The van der Waals surface area contributed by atoms with Crippen molar-refractivity contribution in [3.05, 3.63) is 126 Å². The maximum atomic E-state index is 13.5. The monoisotopic (exact) mass is 582 g/mol. The largest absolute Gasteiger partial charge is 0.492 e. The van der Waals surface area contributed by atoms with E-state index in [1.807, 2.05) is 26.8 Å². The number of nitrogens with zero attached hydrogens (tertiary/aromatic N) is 1. The molecule has 0 aliphatic heterocycles. The van der Waals surface area contributed by atoms with Crippen molar-refractivity contribution < 1.29 is 28.6 Å². The number of ether oxygens (including phenoxy) is 1. The van der Waals surface area contributed by atoms with Crippen LogP contribution in [0, 0.1) is 11.2 Å². The number of anilines is 2. The number of benzene rings is 4. The summed E-state index contributed by atoms with van der Waals surface area (Å²) in [6, 6.07) is 27.5. The van der Waals surface area contributed by atoms with Crippen molar-refractivity contribution in [2.45, 2.75) is 33.2 Å². The van der Waals surface area contributed by atoms with Gasteiger partial charge in [0.2, 0.25) is 5.91 Å². The summed E-state index contributed by atoms with van der Waals surface area (Å²) in [5, 5.41) is 13.0. The highest BCUT2D eigenvalue weighted by Crippen LogP contribution is 2.25. The highest BCUT2D eigenvalue weighted by molar-refractivity contribution is 6.12. The Morgan fingerprint density at radius 2 is 1.49 bits per heavy atom. The van der Waals surface area contributed by atoms with Crippen molar-refractivity contribution >= 4 is 29.0 Å². The SMILES string of the molecule is CC(C)(C)C(=O)N(CCOc1ccc(CC(Nc2ccccc2C(=O)c2ccccc2)C(=O)O)cc1)c1ccc(F)cc1. The number of hydrogen-bond donors (Lipinski definition) is 2. The van der Waals surface area contributed by atoms with Crippen LogP contribution < -0.4 is 15.0 Å². The zero-order valence-corrected chi connectivity index (χ0v) is 24.4. The molecule has 0 spiro atoms. The molecule has 4 aromatic carbocycles. The van der Waals surface area contributed by atoms with Gasteiger partial charge in [-0.2, -0.15) is 0 Å². The van der Waals surface area contributed by atoms with Gasteiger partial charge in [0.15, 0.2) is 5.78 Å². The van der Waals surface area contributed by atoms with Gasteiger partial charge in [-0.15, -0.1) is 0 Å². The molecule has 0 saturated heterocycles. The van der Waals surface area contributed by atoms with Gasteiger partial charge >= 0.3 is 5.97 Å². The Morgan fingerprint density at radius 1 is 0.860 bits per heavy atom. The highest BCUT2D eigenvalue weighted by Gasteiger charge is 2.28. The van der Waals surface area contributed by atoms with Crippen LogP contribution in [0.5, 0.6) is 5.75 Å². The summed E-state index contributed by atoms with van der Waals surface area (Å²) in [5.41, 5.74) is 2.06. The third-order valence-electron chi connectivity index (χ3n) is 6.81. The number of rotatable bonds is 12. The average molecular weight is 583 g/mol. The molecule has 2 N–H and O–H groups in total. The first-order valence-corrected chi connectivity index (χ1v) is 14.0. The summed E-state index contributed by atoms with van der Waals surface area (Å²) in [7, 11) is 0. The van der Waals surface area contributed by atoms with Crippen molar-refractivity contribution in [2.75, 3.05) is 23.4 Å². The number of hydrogen-bond acceptors (Lipinski definition) is 5. The van der Waals surface area contributed by atoms with Crippen LogP contribution in [0.25, 0.3) is 0 Å². The molecule has 0 saturated carbocycles. The number of halogens is 1. The molecule has 0 aliphatic carbocycles. The summed E-state index contributed by atoms with van der Waals surface area (Å²) in [5.74, 6) is -1.18.